The first kappa shape index (κ1) is 27.4. The zero-order valence-corrected chi connectivity index (χ0v) is 21.7. The fourth-order valence-electron chi connectivity index (χ4n) is 4.40. The minimum atomic E-state index is -4.79. The van der Waals surface area contributed by atoms with Crippen molar-refractivity contribution in [3.63, 3.8) is 0 Å². The van der Waals surface area contributed by atoms with Gasteiger partial charge in [0.15, 0.2) is 0 Å². The summed E-state index contributed by atoms with van der Waals surface area (Å²) < 4.78 is 53.8. The van der Waals surface area contributed by atoms with Crippen LogP contribution >= 0.6 is 0 Å². The lowest BCUT2D eigenvalue weighted by molar-refractivity contribution is -0.274. The van der Waals surface area contributed by atoms with Gasteiger partial charge < -0.3 is 34.3 Å². The third-order valence-corrected chi connectivity index (χ3v) is 6.21. The number of rotatable bonds is 8. The zero-order chi connectivity index (χ0) is 29.0. The summed E-state index contributed by atoms with van der Waals surface area (Å²) in [6.07, 6.45) is -1.19. The first-order valence-corrected chi connectivity index (χ1v) is 12.5. The summed E-state index contributed by atoms with van der Waals surface area (Å²) >= 11 is 0. The number of anilines is 3. The lowest BCUT2D eigenvalue weighted by Crippen LogP contribution is -2.54. The largest absolute Gasteiger partial charge is 0.573 e. The molecule has 12 heteroatoms. The summed E-state index contributed by atoms with van der Waals surface area (Å²) in [5.74, 6) is -0.264. The Morgan fingerprint density at radius 2 is 1.54 bits per heavy atom. The molecular formula is C29H25F3N4O5. The van der Waals surface area contributed by atoms with Crippen LogP contribution in [0.15, 0.2) is 91.3 Å². The van der Waals surface area contributed by atoms with E-state index in [0.29, 0.717) is 30.1 Å². The Kier molecular flexibility index (Phi) is 7.72. The van der Waals surface area contributed by atoms with E-state index in [-0.39, 0.29) is 17.5 Å². The SMILES string of the molecule is COC(=O)c1cccc(N2CC(Oc3cccc(NC(=O)Nc4ccc(OC(F)(F)F)cc4)c3)C2)c1-n1cccc1. The third kappa shape index (κ3) is 6.72. The molecule has 1 aromatic heterocycles. The molecule has 2 heterocycles. The minimum absolute atomic E-state index is 0.129. The topological polar surface area (TPSA) is 94.1 Å². The second-order valence-corrected chi connectivity index (χ2v) is 9.08. The second-order valence-electron chi connectivity index (χ2n) is 9.08. The van der Waals surface area contributed by atoms with Crippen LogP contribution in [0.3, 0.4) is 0 Å². The first-order valence-electron chi connectivity index (χ1n) is 12.5. The molecule has 41 heavy (non-hydrogen) atoms. The highest BCUT2D eigenvalue weighted by Crippen LogP contribution is 2.33. The number of para-hydroxylation sites is 1. The quantitative estimate of drug-likeness (QED) is 0.251. The van der Waals surface area contributed by atoms with E-state index in [4.69, 9.17) is 9.47 Å². The van der Waals surface area contributed by atoms with Crippen LogP contribution in [0.25, 0.3) is 5.69 Å². The maximum Gasteiger partial charge on any atom is 0.573 e. The molecule has 1 aliphatic heterocycles. The Bertz CT molecular complexity index is 1520. The average molecular weight is 567 g/mol. The molecule has 0 radical (unpaired) electrons. The molecule has 2 N–H and O–H groups in total. The molecule has 3 aromatic carbocycles. The predicted octanol–water partition coefficient (Wildman–Crippen LogP) is 6.07. The van der Waals surface area contributed by atoms with Gasteiger partial charge in [-0.15, -0.1) is 13.2 Å². The number of nitrogens with zero attached hydrogens (tertiary/aromatic N) is 2. The van der Waals surface area contributed by atoms with E-state index in [1.165, 1.54) is 19.2 Å². The Labute approximate surface area is 233 Å². The van der Waals surface area contributed by atoms with Crippen molar-refractivity contribution in [2.75, 3.05) is 35.7 Å². The van der Waals surface area contributed by atoms with Crippen LogP contribution in [0, 0.1) is 0 Å². The third-order valence-electron chi connectivity index (χ3n) is 6.21. The van der Waals surface area contributed by atoms with Crippen molar-refractivity contribution in [1.29, 1.82) is 0 Å². The van der Waals surface area contributed by atoms with Gasteiger partial charge in [-0.2, -0.15) is 0 Å². The van der Waals surface area contributed by atoms with Crippen LogP contribution in [-0.2, 0) is 4.74 Å². The van der Waals surface area contributed by atoms with Gasteiger partial charge in [0.2, 0.25) is 0 Å². The number of alkyl halides is 3. The molecule has 9 nitrogen and oxygen atoms in total. The zero-order valence-electron chi connectivity index (χ0n) is 21.7. The number of aromatic nitrogens is 1. The molecule has 0 unspecified atom stereocenters. The van der Waals surface area contributed by atoms with Crippen molar-refractivity contribution in [2.24, 2.45) is 0 Å². The lowest BCUT2D eigenvalue weighted by atomic mass is 10.1. The minimum Gasteiger partial charge on any atom is -0.487 e. The van der Waals surface area contributed by atoms with Gasteiger partial charge in [0.05, 0.1) is 37.1 Å². The fourth-order valence-corrected chi connectivity index (χ4v) is 4.40. The number of carbonyl (C=O) groups excluding carboxylic acids is 2. The predicted molar refractivity (Wildman–Crippen MR) is 146 cm³/mol. The summed E-state index contributed by atoms with van der Waals surface area (Å²) in [5.41, 5.74) is 2.80. The monoisotopic (exact) mass is 566 g/mol. The Hall–Kier alpha value is -5.13. The fraction of sp³-hybridized carbons (Fsp3) is 0.172. The number of urea groups is 1. The molecule has 0 bridgehead atoms. The van der Waals surface area contributed by atoms with Gasteiger partial charge in [-0.05, 0) is 60.7 Å². The molecule has 1 fully saturated rings. The van der Waals surface area contributed by atoms with Gasteiger partial charge in [0.25, 0.3) is 0 Å². The van der Waals surface area contributed by atoms with Crippen LogP contribution in [0.1, 0.15) is 10.4 Å². The standard InChI is InChI=1S/C29H25F3N4O5/c1-39-27(37)24-8-5-9-25(26(24)35-14-2-3-15-35)36-17-23(18-36)40-22-7-4-6-20(16-22)34-28(38)33-19-10-12-21(13-11-19)41-29(30,31)32/h2-16,23H,17-18H2,1H3,(H2,33,34,38). The maximum atomic E-state index is 12.4. The lowest BCUT2D eigenvalue weighted by Gasteiger charge is -2.41. The van der Waals surface area contributed by atoms with E-state index in [9.17, 15) is 22.8 Å². The number of ether oxygens (including phenoxy) is 3. The number of hydrogen-bond donors (Lipinski definition) is 2. The number of carbonyl (C=O) groups is 2. The second kappa shape index (κ2) is 11.5. The smallest absolute Gasteiger partial charge is 0.487 e. The summed E-state index contributed by atoms with van der Waals surface area (Å²) in [4.78, 5) is 26.9. The summed E-state index contributed by atoms with van der Waals surface area (Å²) in [6, 6.07) is 20.3. The molecule has 212 valence electrons. The van der Waals surface area contributed by atoms with Gasteiger partial charge in [-0.1, -0.05) is 12.1 Å². The van der Waals surface area contributed by atoms with Crippen molar-refractivity contribution < 1.29 is 37.0 Å². The normalized spacial score (nSPS) is 13.2. The molecule has 0 spiro atoms. The summed E-state index contributed by atoms with van der Waals surface area (Å²) in [5, 5.41) is 5.23. The van der Waals surface area contributed by atoms with Crippen molar-refractivity contribution in [3.05, 3.63) is 96.8 Å². The molecule has 0 atom stereocenters. The van der Waals surface area contributed by atoms with E-state index in [2.05, 4.69) is 20.3 Å². The molecule has 4 aromatic rings. The van der Waals surface area contributed by atoms with Crippen molar-refractivity contribution in [1.82, 2.24) is 4.57 Å². The number of halogens is 3. The molecule has 5 rings (SSSR count). The molecule has 0 aliphatic carbocycles. The number of nitrogens with one attached hydrogen (secondary N) is 2. The van der Waals surface area contributed by atoms with Crippen LogP contribution in [0.2, 0.25) is 0 Å². The number of hydrogen-bond acceptors (Lipinski definition) is 6. The summed E-state index contributed by atoms with van der Waals surface area (Å²) in [6.45, 7) is 1.15. The number of methoxy groups -OCH3 is 1. The van der Waals surface area contributed by atoms with Gasteiger partial charge >= 0.3 is 18.4 Å². The van der Waals surface area contributed by atoms with Crippen LogP contribution in [0.5, 0.6) is 11.5 Å². The van der Waals surface area contributed by atoms with Gasteiger partial charge in [0.1, 0.15) is 17.6 Å². The Morgan fingerprint density at radius 3 is 2.22 bits per heavy atom. The molecule has 1 saturated heterocycles. The van der Waals surface area contributed by atoms with Gasteiger partial charge in [-0.3, -0.25) is 0 Å². The highest BCUT2D eigenvalue weighted by atomic mass is 19.4. The van der Waals surface area contributed by atoms with Crippen molar-refractivity contribution in [3.8, 4) is 17.2 Å². The van der Waals surface area contributed by atoms with E-state index < -0.39 is 18.4 Å². The van der Waals surface area contributed by atoms with Gasteiger partial charge in [-0.25, -0.2) is 9.59 Å². The number of benzene rings is 3. The molecule has 2 amide bonds. The first-order chi connectivity index (χ1) is 19.7. The number of esters is 1. The van der Waals surface area contributed by atoms with Crippen LogP contribution in [-0.4, -0.2) is 49.2 Å². The van der Waals surface area contributed by atoms with E-state index >= 15 is 0 Å². The number of amides is 2. The van der Waals surface area contributed by atoms with E-state index in [1.807, 2.05) is 41.2 Å². The molecule has 1 aliphatic rings. The van der Waals surface area contributed by atoms with Crippen molar-refractivity contribution >= 4 is 29.1 Å². The summed E-state index contributed by atoms with van der Waals surface area (Å²) in [7, 11) is 1.35. The van der Waals surface area contributed by atoms with Crippen molar-refractivity contribution in [2.45, 2.75) is 12.5 Å². The van der Waals surface area contributed by atoms with Crippen LogP contribution in [0.4, 0.5) is 35.0 Å². The average Bonchev–Trinajstić information content (AvgIpc) is 3.45. The maximum absolute atomic E-state index is 12.4. The van der Waals surface area contributed by atoms with E-state index in [1.54, 1.807) is 30.3 Å². The highest BCUT2D eigenvalue weighted by molar-refractivity contribution is 6.00. The Morgan fingerprint density at radius 1 is 0.854 bits per heavy atom. The van der Waals surface area contributed by atoms with Crippen LogP contribution < -0.4 is 25.0 Å². The highest BCUT2D eigenvalue weighted by Gasteiger charge is 2.32. The molecule has 0 saturated carbocycles. The van der Waals surface area contributed by atoms with Gasteiger partial charge in [0, 0.05) is 29.8 Å². The van der Waals surface area contributed by atoms with E-state index in [0.717, 1.165) is 23.5 Å². The Balaban J connectivity index is 1.18. The molecular weight excluding hydrogens is 541 g/mol.